The lowest BCUT2D eigenvalue weighted by molar-refractivity contribution is 0.383. The summed E-state index contributed by atoms with van der Waals surface area (Å²) < 4.78 is 58.9. The number of hydrogen-bond acceptors (Lipinski definition) is 6. The molecule has 3 heterocycles. The number of thioether (sulfide) groups is 1. The lowest BCUT2D eigenvalue weighted by Crippen LogP contribution is -2.36. The highest BCUT2D eigenvalue weighted by molar-refractivity contribution is 7.99. The maximum atomic E-state index is 14.2. The zero-order valence-electron chi connectivity index (χ0n) is 17.3. The van der Waals surface area contributed by atoms with Crippen LogP contribution in [0.5, 0.6) is 0 Å². The summed E-state index contributed by atoms with van der Waals surface area (Å²) in [5.41, 5.74) is 2.13. The molecule has 0 spiro atoms. The van der Waals surface area contributed by atoms with Crippen molar-refractivity contribution in [2.45, 2.75) is 43.4 Å². The van der Waals surface area contributed by atoms with Crippen LogP contribution in [0.25, 0.3) is 11.5 Å². The van der Waals surface area contributed by atoms with Gasteiger partial charge in [0.05, 0.1) is 0 Å². The van der Waals surface area contributed by atoms with Gasteiger partial charge in [-0.15, -0.1) is 10.2 Å². The summed E-state index contributed by atoms with van der Waals surface area (Å²) in [6, 6.07) is 2.43. The van der Waals surface area contributed by atoms with Gasteiger partial charge in [-0.2, -0.15) is 9.40 Å². The molecule has 0 amide bonds. The fourth-order valence-corrected chi connectivity index (χ4v) is 5.96. The molecule has 166 valence electrons. The molecule has 0 radical (unpaired) electrons. The molecular weight excluding hydrogens is 446 g/mol. The Hall–Kier alpha value is -2.31. The van der Waals surface area contributed by atoms with E-state index in [0.29, 0.717) is 36.1 Å². The van der Waals surface area contributed by atoms with Crippen LogP contribution in [0, 0.1) is 11.6 Å². The fourth-order valence-electron chi connectivity index (χ4n) is 3.75. The van der Waals surface area contributed by atoms with Crippen molar-refractivity contribution < 1.29 is 17.2 Å². The third-order valence-corrected chi connectivity index (χ3v) is 7.95. The minimum atomic E-state index is -4.23. The number of fused-ring (bicyclic) bond motifs is 1. The number of rotatable bonds is 6. The normalized spacial score (nSPS) is 14.7. The molecule has 4 rings (SSSR count). The number of nitrogens with zero attached hydrogens (tertiary/aromatic N) is 6. The maximum absolute atomic E-state index is 14.2. The number of aryl methyl sites for hydroxylation is 1. The predicted molar refractivity (Wildman–Crippen MR) is 112 cm³/mol. The molecule has 0 unspecified atom stereocenters. The van der Waals surface area contributed by atoms with E-state index >= 15 is 0 Å². The second-order valence-corrected chi connectivity index (χ2v) is 10.2. The highest BCUT2D eigenvalue weighted by atomic mass is 32.2. The standard InChI is InChI=1S/C19H22F2N6O2S2/c1-4-27-18(22-23-19(27)30-5-2)17-13-11-26(9-8-15(13)25(3)24-17)31(28,29)16-10-12(20)6-7-14(16)21/h6-7,10H,4-5,8-9,11H2,1-3H3. The summed E-state index contributed by atoms with van der Waals surface area (Å²) in [6.07, 6.45) is 0.395. The van der Waals surface area contributed by atoms with Crippen LogP contribution in [0.1, 0.15) is 25.1 Å². The van der Waals surface area contributed by atoms with Crippen LogP contribution in [-0.4, -0.2) is 49.6 Å². The Bertz CT molecular complexity index is 1240. The first kappa shape index (κ1) is 21.9. The Morgan fingerprint density at radius 2 is 1.97 bits per heavy atom. The van der Waals surface area contributed by atoms with Gasteiger partial charge in [0, 0.05) is 44.4 Å². The monoisotopic (exact) mass is 468 g/mol. The molecule has 0 saturated heterocycles. The molecule has 0 N–H and O–H groups in total. The summed E-state index contributed by atoms with van der Waals surface area (Å²) >= 11 is 1.56. The molecule has 0 fully saturated rings. The van der Waals surface area contributed by atoms with E-state index in [-0.39, 0.29) is 13.1 Å². The lowest BCUT2D eigenvalue weighted by atomic mass is 10.1. The zero-order valence-corrected chi connectivity index (χ0v) is 19.0. The number of halogens is 2. The minimum Gasteiger partial charge on any atom is -0.301 e. The summed E-state index contributed by atoms with van der Waals surface area (Å²) in [7, 11) is -2.43. The smallest absolute Gasteiger partial charge is 0.246 e. The Morgan fingerprint density at radius 1 is 1.19 bits per heavy atom. The van der Waals surface area contributed by atoms with Crippen LogP contribution in [0.15, 0.2) is 28.3 Å². The van der Waals surface area contributed by atoms with Crippen molar-refractivity contribution in [1.82, 2.24) is 28.9 Å². The van der Waals surface area contributed by atoms with Gasteiger partial charge in [0.2, 0.25) is 10.0 Å². The molecule has 0 saturated carbocycles. The molecule has 0 aliphatic carbocycles. The Balaban J connectivity index is 1.76. The minimum absolute atomic E-state index is 0.0103. The first-order valence-corrected chi connectivity index (χ1v) is 12.3. The SMILES string of the molecule is CCSc1nnc(-c2nn(C)c3c2CN(S(=O)(=O)c2cc(F)ccc2F)CC3)n1CC. The van der Waals surface area contributed by atoms with E-state index in [1.165, 1.54) is 0 Å². The number of hydrogen-bond donors (Lipinski definition) is 0. The van der Waals surface area contributed by atoms with Gasteiger partial charge < -0.3 is 4.57 Å². The van der Waals surface area contributed by atoms with Gasteiger partial charge in [-0.25, -0.2) is 17.2 Å². The van der Waals surface area contributed by atoms with E-state index in [4.69, 9.17) is 0 Å². The third-order valence-electron chi connectivity index (χ3n) is 5.24. The first-order valence-electron chi connectivity index (χ1n) is 9.84. The van der Waals surface area contributed by atoms with E-state index in [0.717, 1.165) is 33.0 Å². The zero-order chi connectivity index (χ0) is 22.3. The van der Waals surface area contributed by atoms with Crippen LogP contribution in [0.2, 0.25) is 0 Å². The lowest BCUT2D eigenvalue weighted by Gasteiger charge is -2.27. The van der Waals surface area contributed by atoms with Gasteiger partial charge in [-0.05, 0) is 30.9 Å². The van der Waals surface area contributed by atoms with E-state index in [9.17, 15) is 17.2 Å². The van der Waals surface area contributed by atoms with Crippen molar-refractivity contribution in [3.8, 4) is 11.5 Å². The summed E-state index contributed by atoms with van der Waals surface area (Å²) in [5, 5.41) is 13.9. The molecule has 2 aromatic heterocycles. The Kier molecular flexibility index (Phi) is 5.88. The van der Waals surface area contributed by atoms with E-state index in [1.54, 1.807) is 23.5 Å². The Morgan fingerprint density at radius 3 is 2.68 bits per heavy atom. The molecule has 8 nitrogen and oxygen atoms in total. The maximum Gasteiger partial charge on any atom is 0.246 e. The van der Waals surface area contributed by atoms with Crippen molar-refractivity contribution >= 4 is 21.8 Å². The topological polar surface area (TPSA) is 85.9 Å². The van der Waals surface area contributed by atoms with Crippen LogP contribution >= 0.6 is 11.8 Å². The van der Waals surface area contributed by atoms with Crippen LogP contribution in [-0.2, 0) is 36.6 Å². The predicted octanol–water partition coefficient (Wildman–Crippen LogP) is 2.84. The second kappa shape index (κ2) is 8.32. The van der Waals surface area contributed by atoms with Crippen molar-refractivity contribution in [3.05, 3.63) is 41.1 Å². The van der Waals surface area contributed by atoms with Crippen molar-refractivity contribution in [2.24, 2.45) is 7.05 Å². The highest BCUT2D eigenvalue weighted by Gasteiger charge is 2.35. The van der Waals surface area contributed by atoms with Crippen molar-refractivity contribution in [3.63, 3.8) is 0 Å². The van der Waals surface area contributed by atoms with Crippen LogP contribution in [0.4, 0.5) is 8.78 Å². The van der Waals surface area contributed by atoms with E-state index in [1.807, 2.05) is 18.4 Å². The first-order chi connectivity index (χ1) is 14.8. The van der Waals surface area contributed by atoms with E-state index < -0.39 is 26.6 Å². The molecule has 0 atom stereocenters. The molecule has 1 aromatic carbocycles. The largest absolute Gasteiger partial charge is 0.301 e. The molecule has 1 aliphatic heterocycles. The van der Waals surface area contributed by atoms with Gasteiger partial charge in [-0.1, -0.05) is 18.7 Å². The molecule has 3 aromatic rings. The van der Waals surface area contributed by atoms with Gasteiger partial charge >= 0.3 is 0 Å². The van der Waals surface area contributed by atoms with E-state index in [2.05, 4.69) is 15.3 Å². The van der Waals surface area contributed by atoms with Gasteiger partial charge in [0.15, 0.2) is 11.0 Å². The third kappa shape index (κ3) is 3.76. The van der Waals surface area contributed by atoms with Crippen molar-refractivity contribution in [2.75, 3.05) is 12.3 Å². The Labute approximate surface area is 183 Å². The van der Waals surface area contributed by atoms with Gasteiger partial charge in [0.25, 0.3) is 0 Å². The molecular formula is C19H22F2N6O2S2. The average molecular weight is 469 g/mol. The summed E-state index contributed by atoms with van der Waals surface area (Å²) in [4.78, 5) is -0.667. The number of aromatic nitrogens is 5. The average Bonchev–Trinajstić information content (AvgIpc) is 3.30. The van der Waals surface area contributed by atoms with Crippen molar-refractivity contribution in [1.29, 1.82) is 0 Å². The molecule has 0 bridgehead atoms. The van der Waals surface area contributed by atoms with Gasteiger partial charge in [-0.3, -0.25) is 4.68 Å². The van der Waals surface area contributed by atoms with Gasteiger partial charge in [0.1, 0.15) is 22.2 Å². The van der Waals surface area contributed by atoms with Crippen LogP contribution < -0.4 is 0 Å². The molecule has 31 heavy (non-hydrogen) atoms. The summed E-state index contributed by atoms with van der Waals surface area (Å²) in [6.45, 7) is 4.76. The molecule has 1 aliphatic rings. The van der Waals surface area contributed by atoms with Crippen LogP contribution in [0.3, 0.4) is 0 Å². The summed E-state index contributed by atoms with van der Waals surface area (Å²) in [5.74, 6) is -0.391. The second-order valence-electron chi connectivity index (χ2n) is 7.04. The number of sulfonamides is 1. The fraction of sp³-hybridized carbons (Fsp3) is 0.421. The molecule has 12 heteroatoms. The quantitative estimate of drug-likeness (QED) is 0.517. The number of benzene rings is 1. The highest BCUT2D eigenvalue weighted by Crippen LogP contribution is 2.33.